The van der Waals surface area contributed by atoms with Crippen molar-refractivity contribution < 1.29 is 18.3 Å². The summed E-state index contributed by atoms with van der Waals surface area (Å²) in [6.07, 6.45) is 0.455. The average Bonchev–Trinajstić information content (AvgIpc) is 2.65. The molecule has 0 radical (unpaired) electrons. The molecule has 1 aliphatic heterocycles. The molecule has 112 valence electrons. The van der Waals surface area contributed by atoms with Gasteiger partial charge in [-0.1, -0.05) is 6.92 Å². The third-order valence-corrected chi connectivity index (χ3v) is 5.15. The summed E-state index contributed by atoms with van der Waals surface area (Å²) in [6.45, 7) is 6.11. The van der Waals surface area contributed by atoms with Gasteiger partial charge in [0.15, 0.2) is 9.84 Å². The first-order valence-corrected chi connectivity index (χ1v) is 8.43. The van der Waals surface area contributed by atoms with Crippen LogP contribution in [0.3, 0.4) is 0 Å². The quantitative estimate of drug-likeness (QED) is 0.681. The number of rotatable bonds is 6. The summed E-state index contributed by atoms with van der Waals surface area (Å²) in [5, 5.41) is 12.2. The van der Waals surface area contributed by atoms with Crippen LogP contribution in [-0.2, 0) is 14.6 Å². The molecule has 1 heterocycles. The number of carbonyl (C=O) groups is 1. The summed E-state index contributed by atoms with van der Waals surface area (Å²) in [6, 6.07) is -0.317. The lowest BCUT2D eigenvalue weighted by Crippen LogP contribution is -2.57. The number of hydrogen-bond acceptors (Lipinski definition) is 5. The fourth-order valence-corrected chi connectivity index (χ4v) is 4.19. The Morgan fingerprint density at radius 3 is 2.53 bits per heavy atom. The summed E-state index contributed by atoms with van der Waals surface area (Å²) >= 11 is 0. The average molecular weight is 292 g/mol. The molecule has 6 nitrogen and oxygen atoms in total. The van der Waals surface area contributed by atoms with Crippen molar-refractivity contribution in [3.63, 3.8) is 0 Å². The van der Waals surface area contributed by atoms with Gasteiger partial charge in [-0.05, 0) is 26.8 Å². The number of aliphatic hydroxyl groups is 1. The van der Waals surface area contributed by atoms with Gasteiger partial charge < -0.3 is 15.3 Å². The Bertz CT molecular complexity index is 419. The number of nitrogens with one attached hydrogen (secondary N) is 1. The van der Waals surface area contributed by atoms with Crippen molar-refractivity contribution in [2.45, 2.75) is 38.8 Å². The molecule has 1 saturated heterocycles. The van der Waals surface area contributed by atoms with E-state index in [1.54, 1.807) is 13.8 Å². The second-order valence-corrected chi connectivity index (χ2v) is 7.66. The van der Waals surface area contributed by atoms with Gasteiger partial charge in [0.25, 0.3) is 0 Å². The van der Waals surface area contributed by atoms with E-state index in [-0.39, 0.29) is 36.6 Å². The maximum Gasteiger partial charge on any atom is 0.242 e. The highest BCUT2D eigenvalue weighted by Gasteiger charge is 2.39. The summed E-state index contributed by atoms with van der Waals surface area (Å²) in [4.78, 5) is 14.0. The Kier molecular flexibility index (Phi) is 5.34. The second kappa shape index (κ2) is 6.19. The van der Waals surface area contributed by atoms with Crippen LogP contribution in [0, 0.1) is 0 Å². The second-order valence-electron chi connectivity index (χ2n) is 5.43. The molecule has 1 amide bonds. The van der Waals surface area contributed by atoms with Gasteiger partial charge in [0.05, 0.1) is 23.7 Å². The summed E-state index contributed by atoms with van der Waals surface area (Å²) < 4.78 is 23.1. The molecule has 7 heteroatoms. The van der Waals surface area contributed by atoms with E-state index in [1.807, 2.05) is 6.92 Å². The predicted octanol–water partition coefficient (Wildman–Crippen LogP) is -0.617. The smallest absolute Gasteiger partial charge is 0.242 e. The van der Waals surface area contributed by atoms with E-state index < -0.39 is 15.4 Å². The van der Waals surface area contributed by atoms with Gasteiger partial charge in [0.1, 0.15) is 0 Å². The number of likely N-dealkylation sites (N-methyl/N-ethyl adjacent to an activating group) is 1. The van der Waals surface area contributed by atoms with Crippen LogP contribution in [0.5, 0.6) is 0 Å². The lowest BCUT2D eigenvalue weighted by atomic mass is 10.0. The highest BCUT2D eigenvalue weighted by molar-refractivity contribution is 7.91. The van der Waals surface area contributed by atoms with Gasteiger partial charge in [-0.3, -0.25) is 4.79 Å². The van der Waals surface area contributed by atoms with Crippen molar-refractivity contribution in [3.05, 3.63) is 0 Å². The van der Waals surface area contributed by atoms with Gasteiger partial charge in [-0.25, -0.2) is 8.42 Å². The normalized spacial score (nSPS) is 22.4. The fraction of sp³-hybridized carbons (Fsp3) is 0.917. The molecule has 1 aliphatic rings. The molecule has 0 bridgehead atoms. The van der Waals surface area contributed by atoms with Gasteiger partial charge in [0.2, 0.25) is 5.91 Å². The van der Waals surface area contributed by atoms with Crippen LogP contribution in [0.25, 0.3) is 0 Å². The van der Waals surface area contributed by atoms with Crippen molar-refractivity contribution in [2.75, 3.05) is 31.2 Å². The van der Waals surface area contributed by atoms with Crippen LogP contribution in [0.1, 0.15) is 27.2 Å². The Balaban J connectivity index is 2.86. The van der Waals surface area contributed by atoms with Gasteiger partial charge in [-0.2, -0.15) is 0 Å². The zero-order valence-corrected chi connectivity index (χ0v) is 12.7. The van der Waals surface area contributed by atoms with Crippen LogP contribution < -0.4 is 5.32 Å². The first-order chi connectivity index (χ1) is 8.73. The molecule has 19 heavy (non-hydrogen) atoms. The van der Waals surface area contributed by atoms with Crippen molar-refractivity contribution in [2.24, 2.45) is 0 Å². The molecule has 0 aromatic heterocycles. The number of carbonyl (C=O) groups excluding carboxylic acids is 1. The first-order valence-electron chi connectivity index (χ1n) is 6.61. The predicted molar refractivity (Wildman–Crippen MR) is 73.6 cm³/mol. The van der Waals surface area contributed by atoms with Crippen LogP contribution in [0.15, 0.2) is 0 Å². The third kappa shape index (κ3) is 4.15. The molecule has 1 atom stereocenters. The molecule has 0 saturated carbocycles. The highest BCUT2D eigenvalue weighted by atomic mass is 32.2. The SMILES string of the molecule is CCNC(C)(C)C(=O)N(CCO)C1CCS(=O)(=O)C1. The Labute approximate surface area is 115 Å². The summed E-state index contributed by atoms with van der Waals surface area (Å²) in [5.74, 6) is -0.0411. The molecule has 2 N–H and O–H groups in total. The molecule has 0 aliphatic carbocycles. The Morgan fingerprint density at radius 2 is 2.11 bits per heavy atom. The minimum Gasteiger partial charge on any atom is -0.395 e. The maximum absolute atomic E-state index is 12.5. The van der Waals surface area contributed by atoms with E-state index in [0.717, 1.165) is 0 Å². The van der Waals surface area contributed by atoms with E-state index in [4.69, 9.17) is 5.11 Å². The zero-order valence-electron chi connectivity index (χ0n) is 11.8. The zero-order chi connectivity index (χ0) is 14.7. The topological polar surface area (TPSA) is 86.7 Å². The van der Waals surface area contributed by atoms with Crippen LogP contribution >= 0.6 is 0 Å². The lowest BCUT2D eigenvalue weighted by Gasteiger charge is -2.35. The van der Waals surface area contributed by atoms with E-state index in [1.165, 1.54) is 4.90 Å². The minimum absolute atomic E-state index is 0.000938. The number of sulfone groups is 1. The van der Waals surface area contributed by atoms with E-state index >= 15 is 0 Å². The number of nitrogens with zero attached hydrogens (tertiary/aromatic N) is 1. The highest BCUT2D eigenvalue weighted by Crippen LogP contribution is 2.20. The first kappa shape index (κ1) is 16.4. The van der Waals surface area contributed by atoms with Crippen molar-refractivity contribution >= 4 is 15.7 Å². The van der Waals surface area contributed by atoms with Crippen molar-refractivity contribution in [1.82, 2.24) is 10.2 Å². The monoisotopic (exact) mass is 292 g/mol. The van der Waals surface area contributed by atoms with Gasteiger partial charge >= 0.3 is 0 Å². The molecule has 0 aromatic rings. The molecule has 1 rings (SSSR count). The van der Waals surface area contributed by atoms with Gasteiger partial charge in [0, 0.05) is 12.6 Å². The standard InChI is InChI=1S/C12H24N2O4S/c1-4-13-12(2,3)11(16)14(6-7-15)10-5-8-19(17,18)9-10/h10,13,15H,4-9H2,1-3H3. The number of aliphatic hydroxyl groups excluding tert-OH is 1. The number of hydrogen-bond donors (Lipinski definition) is 2. The Hall–Kier alpha value is -0.660. The lowest BCUT2D eigenvalue weighted by molar-refractivity contribution is -0.139. The molecule has 1 unspecified atom stereocenters. The Morgan fingerprint density at radius 1 is 1.47 bits per heavy atom. The number of amides is 1. The van der Waals surface area contributed by atoms with Gasteiger partial charge in [-0.15, -0.1) is 0 Å². The van der Waals surface area contributed by atoms with E-state index in [2.05, 4.69) is 5.32 Å². The van der Waals surface area contributed by atoms with Crippen LogP contribution in [-0.4, -0.2) is 67.1 Å². The summed E-state index contributed by atoms with van der Waals surface area (Å²) in [5.41, 5.74) is -0.754. The van der Waals surface area contributed by atoms with Crippen molar-refractivity contribution in [3.8, 4) is 0 Å². The van der Waals surface area contributed by atoms with Crippen LogP contribution in [0.4, 0.5) is 0 Å². The van der Waals surface area contributed by atoms with E-state index in [0.29, 0.717) is 13.0 Å². The molecule has 1 fully saturated rings. The third-order valence-electron chi connectivity index (χ3n) is 3.40. The van der Waals surface area contributed by atoms with E-state index in [9.17, 15) is 13.2 Å². The largest absolute Gasteiger partial charge is 0.395 e. The molecular weight excluding hydrogens is 268 g/mol. The maximum atomic E-state index is 12.5. The molecule has 0 spiro atoms. The fourth-order valence-electron chi connectivity index (χ4n) is 2.46. The summed E-state index contributed by atoms with van der Waals surface area (Å²) in [7, 11) is -3.05. The van der Waals surface area contributed by atoms with Crippen LogP contribution in [0.2, 0.25) is 0 Å². The minimum atomic E-state index is -3.05. The molecule has 0 aromatic carbocycles. The molecular formula is C12H24N2O4S. The van der Waals surface area contributed by atoms with Crippen molar-refractivity contribution in [1.29, 1.82) is 0 Å².